The molecule has 1 aromatic carbocycles. The van der Waals surface area contributed by atoms with E-state index in [1.165, 1.54) is 0 Å². The smallest absolute Gasteiger partial charge is 0.274 e. The van der Waals surface area contributed by atoms with Crippen LogP contribution in [0.25, 0.3) is 0 Å². The summed E-state index contributed by atoms with van der Waals surface area (Å²) in [5, 5.41) is 6.77. The van der Waals surface area contributed by atoms with Crippen LogP contribution in [0.4, 0.5) is 0 Å². The minimum atomic E-state index is -0.101. The monoisotopic (exact) mass is 328 g/mol. The van der Waals surface area contributed by atoms with Crippen LogP contribution in [-0.2, 0) is 0 Å². The van der Waals surface area contributed by atoms with Crippen LogP contribution in [0.5, 0.6) is 5.75 Å². The highest BCUT2D eigenvalue weighted by Gasteiger charge is 2.26. The Morgan fingerprint density at radius 3 is 2.12 bits per heavy atom. The lowest BCUT2D eigenvalue weighted by atomic mass is 10.1. The largest absolute Gasteiger partial charge is 0.497 e. The van der Waals surface area contributed by atoms with Crippen LogP contribution in [0.1, 0.15) is 26.5 Å². The van der Waals surface area contributed by atoms with Crippen molar-refractivity contribution in [3.63, 3.8) is 0 Å². The summed E-state index contributed by atoms with van der Waals surface area (Å²) in [5.74, 6) is 0.590. The van der Waals surface area contributed by atoms with Crippen LogP contribution < -0.4 is 4.74 Å². The van der Waals surface area contributed by atoms with E-state index in [9.17, 15) is 9.59 Å². The molecule has 1 fully saturated rings. The average Bonchev–Trinajstić information content (AvgIpc) is 3.07. The second kappa shape index (κ2) is 6.74. The highest BCUT2D eigenvalue weighted by atomic mass is 16.5. The molecule has 1 N–H and O–H groups in total. The van der Waals surface area contributed by atoms with Crippen molar-refractivity contribution in [2.75, 3.05) is 33.3 Å². The van der Waals surface area contributed by atoms with Crippen molar-refractivity contribution in [2.24, 2.45) is 0 Å². The summed E-state index contributed by atoms with van der Waals surface area (Å²) < 4.78 is 5.10. The molecular formula is C17H20N4O3. The molecule has 1 aliphatic rings. The van der Waals surface area contributed by atoms with Crippen molar-refractivity contribution >= 4 is 11.8 Å². The summed E-state index contributed by atoms with van der Waals surface area (Å²) >= 11 is 0. The van der Waals surface area contributed by atoms with Crippen molar-refractivity contribution in [1.29, 1.82) is 0 Å². The standard InChI is InChI=1S/C17H20N4O3/c1-12-11-15(19-18-12)17(23)21-9-7-20(8-10-21)16(22)13-3-5-14(24-2)6-4-13/h3-6,11H,7-10H2,1-2H3,(H,18,19). The van der Waals surface area contributed by atoms with Gasteiger partial charge in [-0.25, -0.2) is 0 Å². The summed E-state index contributed by atoms with van der Waals surface area (Å²) in [6, 6.07) is 8.79. The minimum Gasteiger partial charge on any atom is -0.497 e. The van der Waals surface area contributed by atoms with Crippen LogP contribution >= 0.6 is 0 Å². The van der Waals surface area contributed by atoms with Crippen LogP contribution in [0.15, 0.2) is 30.3 Å². The maximum Gasteiger partial charge on any atom is 0.274 e. The van der Waals surface area contributed by atoms with E-state index in [1.807, 2.05) is 6.92 Å². The number of nitrogens with one attached hydrogen (secondary N) is 1. The van der Waals surface area contributed by atoms with E-state index >= 15 is 0 Å². The molecule has 0 atom stereocenters. The number of carbonyl (C=O) groups excluding carboxylic acids is 2. The number of rotatable bonds is 3. The number of amides is 2. The Morgan fingerprint density at radius 1 is 1.04 bits per heavy atom. The van der Waals surface area contributed by atoms with E-state index in [0.29, 0.717) is 37.4 Å². The number of nitrogens with zero attached hydrogens (tertiary/aromatic N) is 3. The molecule has 24 heavy (non-hydrogen) atoms. The van der Waals surface area contributed by atoms with Crippen LogP contribution in [0, 0.1) is 6.92 Å². The van der Waals surface area contributed by atoms with Gasteiger partial charge in [0.1, 0.15) is 11.4 Å². The molecule has 0 aliphatic carbocycles. The fraction of sp³-hybridized carbons (Fsp3) is 0.353. The van der Waals surface area contributed by atoms with E-state index < -0.39 is 0 Å². The maximum atomic E-state index is 12.5. The zero-order valence-electron chi connectivity index (χ0n) is 13.8. The van der Waals surface area contributed by atoms with E-state index in [-0.39, 0.29) is 11.8 Å². The number of aryl methyl sites for hydroxylation is 1. The first-order valence-corrected chi connectivity index (χ1v) is 7.83. The first-order chi connectivity index (χ1) is 11.6. The zero-order valence-corrected chi connectivity index (χ0v) is 13.8. The molecule has 0 bridgehead atoms. The lowest BCUT2D eigenvalue weighted by Gasteiger charge is -2.34. The molecule has 0 radical (unpaired) electrons. The second-order valence-electron chi connectivity index (χ2n) is 5.75. The van der Waals surface area contributed by atoms with Gasteiger partial charge in [-0.2, -0.15) is 5.10 Å². The number of methoxy groups -OCH3 is 1. The first kappa shape index (κ1) is 16.0. The molecule has 2 amide bonds. The van der Waals surface area contributed by atoms with Gasteiger partial charge in [-0.3, -0.25) is 14.7 Å². The molecule has 1 aromatic heterocycles. The van der Waals surface area contributed by atoms with E-state index in [0.717, 1.165) is 11.4 Å². The Kier molecular flexibility index (Phi) is 4.50. The summed E-state index contributed by atoms with van der Waals surface area (Å²) in [7, 11) is 1.59. The van der Waals surface area contributed by atoms with Crippen LogP contribution in [-0.4, -0.2) is 65.1 Å². The number of hydrogen-bond donors (Lipinski definition) is 1. The quantitative estimate of drug-likeness (QED) is 0.922. The van der Waals surface area contributed by atoms with Gasteiger partial charge in [0.2, 0.25) is 0 Å². The normalized spacial score (nSPS) is 14.6. The van der Waals surface area contributed by atoms with Gasteiger partial charge < -0.3 is 14.5 Å². The predicted molar refractivity (Wildman–Crippen MR) is 88.1 cm³/mol. The van der Waals surface area contributed by atoms with Gasteiger partial charge in [-0.15, -0.1) is 0 Å². The number of benzene rings is 1. The maximum absolute atomic E-state index is 12.5. The zero-order chi connectivity index (χ0) is 17.1. The molecule has 126 valence electrons. The second-order valence-corrected chi connectivity index (χ2v) is 5.75. The number of H-pyrrole nitrogens is 1. The van der Waals surface area contributed by atoms with Gasteiger partial charge in [0.15, 0.2) is 0 Å². The molecular weight excluding hydrogens is 308 g/mol. The van der Waals surface area contributed by atoms with Crippen molar-refractivity contribution < 1.29 is 14.3 Å². The van der Waals surface area contributed by atoms with Gasteiger partial charge in [0, 0.05) is 37.4 Å². The molecule has 0 unspecified atom stereocenters. The Labute approximate surface area is 140 Å². The molecule has 2 heterocycles. The Balaban J connectivity index is 1.59. The van der Waals surface area contributed by atoms with Gasteiger partial charge in [-0.1, -0.05) is 0 Å². The lowest BCUT2D eigenvalue weighted by molar-refractivity contribution is 0.0532. The number of piperazine rings is 1. The summed E-state index contributed by atoms with van der Waals surface area (Å²) in [5.41, 5.74) is 1.90. The average molecular weight is 328 g/mol. The molecule has 3 rings (SSSR count). The summed E-state index contributed by atoms with van der Waals surface area (Å²) in [6.07, 6.45) is 0. The minimum absolute atomic E-state index is 0.0274. The molecule has 7 heteroatoms. The van der Waals surface area contributed by atoms with Crippen molar-refractivity contribution in [1.82, 2.24) is 20.0 Å². The third-order valence-corrected chi connectivity index (χ3v) is 4.12. The van der Waals surface area contributed by atoms with E-state index in [2.05, 4.69) is 10.2 Å². The molecule has 0 spiro atoms. The molecule has 7 nitrogen and oxygen atoms in total. The number of hydrogen-bond acceptors (Lipinski definition) is 4. The Morgan fingerprint density at radius 2 is 1.62 bits per heavy atom. The van der Waals surface area contributed by atoms with Crippen LogP contribution in [0.3, 0.4) is 0 Å². The lowest BCUT2D eigenvalue weighted by Crippen LogP contribution is -2.50. The predicted octanol–water partition coefficient (Wildman–Crippen LogP) is 1.32. The number of aromatic nitrogens is 2. The molecule has 1 aliphatic heterocycles. The van der Waals surface area contributed by atoms with Crippen molar-refractivity contribution in [3.8, 4) is 5.75 Å². The fourth-order valence-corrected chi connectivity index (χ4v) is 2.72. The van der Waals surface area contributed by atoms with Gasteiger partial charge in [0.05, 0.1) is 7.11 Å². The van der Waals surface area contributed by atoms with Gasteiger partial charge in [-0.05, 0) is 37.3 Å². The van der Waals surface area contributed by atoms with Gasteiger partial charge in [0.25, 0.3) is 11.8 Å². The van der Waals surface area contributed by atoms with E-state index in [1.54, 1.807) is 47.2 Å². The van der Waals surface area contributed by atoms with Crippen LogP contribution in [0.2, 0.25) is 0 Å². The third kappa shape index (κ3) is 3.24. The summed E-state index contributed by atoms with van der Waals surface area (Å²) in [6.45, 7) is 3.90. The number of ether oxygens (including phenoxy) is 1. The number of aromatic amines is 1. The molecule has 1 saturated heterocycles. The van der Waals surface area contributed by atoms with E-state index in [4.69, 9.17) is 4.74 Å². The molecule has 0 saturated carbocycles. The SMILES string of the molecule is COc1ccc(C(=O)N2CCN(C(=O)c3cc(C)[nH]n3)CC2)cc1. The Hall–Kier alpha value is -2.83. The fourth-order valence-electron chi connectivity index (χ4n) is 2.72. The third-order valence-electron chi connectivity index (χ3n) is 4.12. The first-order valence-electron chi connectivity index (χ1n) is 7.83. The van der Waals surface area contributed by atoms with Crippen molar-refractivity contribution in [2.45, 2.75) is 6.92 Å². The topological polar surface area (TPSA) is 78.5 Å². The highest BCUT2D eigenvalue weighted by Crippen LogP contribution is 2.15. The number of carbonyl (C=O) groups is 2. The Bertz CT molecular complexity index is 731. The molecule has 2 aromatic rings. The van der Waals surface area contributed by atoms with Gasteiger partial charge >= 0.3 is 0 Å². The summed E-state index contributed by atoms with van der Waals surface area (Å²) in [4.78, 5) is 28.4. The highest BCUT2D eigenvalue weighted by molar-refractivity contribution is 5.95. The van der Waals surface area contributed by atoms with Crippen molar-refractivity contribution in [3.05, 3.63) is 47.3 Å².